The van der Waals surface area contributed by atoms with Gasteiger partial charge in [-0.2, -0.15) is 0 Å². The number of hydrogen-bond acceptors (Lipinski definition) is 3. The van der Waals surface area contributed by atoms with E-state index in [-0.39, 0.29) is 5.38 Å². The molecule has 1 aromatic rings. The van der Waals surface area contributed by atoms with Gasteiger partial charge in [-0.05, 0) is 38.3 Å². The Hall–Kier alpha value is -0.0600. The average molecular weight is 293 g/mol. The van der Waals surface area contributed by atoms with Gasteiger partial charge in [0.25, 0.3) is 0 Å². The molecule has 0 aliphatic carbocycles. The highest BCUT2D eigenvalue weighted by Gasteiger charge is 2.36. The van der Waals surface area contributed by atoms with Crippen LogP contribution in [-0.2, 0) is 9.84 Å². The van der Waals surface area contributed by atoms with Crippen molar-refractivity contribution in [2.75, 3.05) is 5.75 Å². The molecule has 2 unspecified atom stereocenters. The predicted octanol–water partition coefficient (Wildman–Crippen LogP) is 3.61. The summed E-state index contributed by atoms with van der Waals surface area (Å²) in [4.78, 5) is 2.33. The molecule has 17 heavy (non-hydrogen) atoms. The minimum Gasteiger partial charge on any atom is -0.228 e. The van der Waals surface area contributed by atoms with Crippen LogP contribution in [0.15, 0.2) is 6.07 Å². The molecule has 5 heteroatoms. The van der Waals surface area contributed by atoms with Gasteiger partial charge in [0.15, 0.2) is 9.84 Å². The molecule has 96 valence electrons. The molecule has 2 rings (SSSR count). The normalized spacial score (nSPS) is 25.7. The molecular formula is C12H17ClO2S2. The molecule has 2 nitrogen and oxygen atoms in total. The van der Waals surface area contributed by atoms with E-state index in [4.69, 9.17) is 11.6 Å². The van der Waals surface area contributed by atoms with Crippen LogP contribution in [0.25, 0.3) is 0 Å². The molecule has 0 amide bonds. The van der Waals surface area contributed by atoms with Crippen molar-refractivity contribution in [1.29, 1.82) is 0 Å². The summed E-state index contributed by atoms with van der Waals surface area (Å²) in [6.45, 7) is 4.04. The summed E-state index contributed by atoms with van der Waals surface area (Å²) in [6.07, 6.45) is 2.45. The minimum atomic E-state index is -3.01. The van der Waals surface area contributed by atoms with Crippen LogP contribution in [0.5, 0.6) is 0 Å². The highest BCUT2D eigenvalue weighted by molar-refractivity contribution is 7.92. The number of thiophene rings is 1. The zero-order chi connectivity index (χ0) is 12.6. The number of sulfone groups is 1. The molecule has 2 heterocycles. The molecule has 0 radical (unpaired) electrons. The SMILES string of the molecule is Cc1cc(C(Cl)C2CCCCS2(=O)=O)c(C)s1. The Bertz CT molecular complexity index is 505. The first-order chi connectivity index (χ1) is 7.92. The topological polar surface area (TPSA) is 34.1 Å². The van der Waals surface area contributed by atoms with E-state index >= 15 is 0 Å². The van der Waals surface area contributed by atoms with Gasteiger partial charge in [0.1, 0.15) is 0 Å². The fraction of sp³-hybridized carbons (Fsp3) is 0.667. The second kappa shape index (κ2) is 4.90. The van der Waals surface area contributed by atoms with Crippen molar-refractivity contribution in [3.63, 3.8) is 0 Å². The summed E-state index contributed by atoms with van der Waals surface area (Å²) in [5.41, 5.74) is 1.00. The van der Waals surface area contributed by atoms with Crippen LogP contribution in [-0.4, -0.2) is 19.4 Å². The van der Waals surface area contributed by atoms with E-state index in [1.165, 1.54) is 4.88 Å². The van der Waals surface area contributed by atoms with Crippen molar-refractivity contribution >= 4 is 32.8 Å². The first kappa shape index (κ1) is 13.4. The number of halogens is 1. The Morgan fingerprint density at radius 1 is 1.41 bits per heavy atom. The molecule has 0 aromatic carbocycles. The number of rotatable bonds is 2. The van der Waals surface area contributed by atoms with E-state index in [1.807, 2.05) is 19.9 Å². The van der Waals surface area contributed by atoms with Crippen molar-refractivity contribution in [2.24, 2.45) is 0 Å². The molecule has 1 saturated heterocycles. The lowest BCUT2D eigenvalue weighted by atomic mass is 10.1. The molecule has 1 fully saturated rings. The van der Waals surface area contributed by atoms with Gasteiger partial charge in [-0.3, -0.25) is 0 Å². The molecule has 2 atom stereocenters. The zero-order valence-corrected chi connectivity index (χ0v) is 12.5. The van der Waals surface area contributed by atoms with E-state index in [0.29, 0.717) is 12.2 Å². The first-order valence-corrected chi connectivity index (χ1v) is 8.81. The van der Waals surface area contributed by atoms with Gasteiger partial charge in [-0.1, -0.05) is 6.42 Å². The van der Waals surface area contributed by atoms with Gasteiger partial charge >= 0.3 is 0 Å². The van der Waals surface area contributed by atoms with Crippen LogP contribution in [0.2, 0.25) is 0 Å². The maximum Gasteiger partial charge on any atom is 0.154 e. The van der Waals surface area contributed by atoms with Crippen molar-refractivity contribution < 1.29 is 8.42 Å². The van der Waals surface area contributed by atoms with Gasteiger partial charge in [0.05, 0.1) is 16.4 Å². The van der Waals surface area contributed by atoms with Gasteiger partial charge in [0.2, 0.25) is 0 Å². The van der Waals surface area contributed by atoms with Crippen LogP contribution in [0.1, 0.15) is 40.0 Å². The monoisotopic (exact) mass is 292 g/mol. The molecule has 0 saturated carbocycles. The van der Waals surface area contributed by atoms with Gasteiger partial charge in [-0.15, -0.1) is 22.9 Å². The average Bonchev–Trinajstić information content (AvgIpc) is 2.56. The number of alkyl halides is 1. The lowest BCUT2D eigenvalue weighted by molar-refractivity contribution is 0.534. The quantitative estimate of drug-likeness (QED) is 0.780. The Morgan fingerprint density at radius 3 is 2.65 bits per heavy atom. The van der Waals surface area contributed by atoms with Crippen LogP contribution in [0, 0.1) is 13.8 Å². The van der Waals surface area contributed by atoms with Crippen LogP contribution in [0.3, 0.4) is 0 Å². The Balaban J connectivity index is 2.31. The van der Waals surface area contributed by atoms with Crippen LogP contribution in [0.4, 0.5) is 0 Å². The van der Waals surface area contributed by atoms with Crippen LogP contribution >= 0.6 is 22.9 Å². The summed E-state index contributed by atoms with van der Waals surface area (Å²) in [6, 6.07) is 2.03. The van der Waals surface area contributed by atoms with Crippen molar-refractivity contribution in [2.45, 2.75) is 43.7 Å². The zero-order valence-electron chi connectivity index (χ0n) is 10.1. The highest BCUT2D eigenvalue weighted by Crippen LogP contribution is 2.39. The molecular weight excluding hydrogens is 276 g/mol. The van der Waals surface area contributed by atoms with E-state index in [2.05, 4.69) is 0 Å². The maximum atomic E-state index is 12.0. The third-order valence-corrected chi connectivity index (χ3v) is 7.29. The summed E-state index contributed by atoms with van der Waals surface area (Å²) < 4.78 is 24.1. The van der Waals surface area contributed by atoms with E-state index < -0.39 is 15.1 Å². The highest BCUT2D eigenvalue weighted by atomic mass is 35.5. The smallest absolute Gasteiger partial charge is 0.154 e. The van der Waals surface area contributed by atoms with Crippen molar-refractivity contribution in [1.82, 2.24) is 0 Å². The van der Waals surface area contributed by atoms with Crippen molar-refractivity contribution in [3.05, 3.63) is 21.4 Å². The first-order valence-electron chi connectivity index (χ1n) is 5.84. The second-order valence-electron chi connectivity index (χ2n) is 4.67. The standard InChI is InChI=1S/C12H17ClO2S2/c1-8-7-10(9(2)16-8)12(13)11-5-3-4-6-17(11,14)15/h7,11-12H,3-6H2,1-2H3. The minimum absolute atomic E-state index is 0.295. The fourth-order valence-corrected chi connectivity index (χ4v) is 6.24. The molecule has 1 aromatic heterocycles. The summed E-state index contributed by atoms with van der Waals surface area (Å²) in [5, 5.41) is -0.782. The molecule has 0 N–H and O–H groups in total. The van der Waals surface area contributed by atoms with Crippen molar-refractivity contribution in [3.8, 4) is 0 Å². The molecule has 0 spiro atoms. The second-order valence-corrected chi connectivity index (χ2v) is 8.94. The summed E-state index contributed by atoms with van der Waals surface area (Å²) in [7, 11) is -3.01. The fourth-order valence-electron chi connectivity index (χ4n) is 2.43. The molecule has 1 aliphatic heterocycles. The Morgan fingerprint density at radius 2 is 2.12 bits per heavy atom. The molecule has 1 aliphatic rings. The summed E-state index contributed by atoms with van der Waals surface area (Å²) >= 11 is 8.10. The van der Waals surface area contributed by atoms with E-state index in [0.717, 1.165) is 23.3 Å². The Kier molecular flexibility index (Phi) is 3.86. The number of hydrogen-bond donors (Lipinski definition) is 0. The Labute approximate surface area is 112 Å². The van der Waals surface area contributed by atoms with E-state index in [1.54, 1.807) is 11.3 Å². The number of aryl methyl sites for hydroxylation is 2. The van der Waals surface area contributed by atoms with Gasteiger partial charge in [0, 0.05) is 9.75 Å². The third-order valence-electron chi connectivity index (χ3n) is 3.33. The van der Waals surface area contributed by atoms with Gasteiger partial charge in [-0.25, -0.2) is 8.42 Å². The lowest BCUT2D eigenvalue weighted by Crippen LogP contribution is -2.31. The summed E-state index contributed by atoms with van der Waals surface area (Å²) in [5.74, 6) is 0.295. The van der Waals surface area contributed by atoms with E-state index in [9.17, 15) is 8.42 Å². The maximum absolute atomic E-state index is 12.0. The molecule has 0 bridgehead atoms. The predicted molar refractivity (Wildman–Crippen MR) is 73.8 cm³/mol. The third kappa shape index (κ3) is 2.69. The van der Waals surface area contributed by atoms with Crippen LogP contribution < -0.4 is 0 Å². The van der Waals surface area contributed by atoms with Gasteiger partial charge < -0.3 is 0 Å². The lowest BCUT2D eigenvalue weighted by Gasteiger charge is -2.26. The largest absolute Gasteiger partial charge is 0.228 e.